The fourth-order valence-corrected chi connectivity index (χ4v) is 4.68. The Bertz CT molecular complexity index is 1010. The number of hydrogen-bond donors (Lipinski definition) is 2. The van der Waals surface area contributed by atoms with Gasteiger partial charge in [-0.2, -0.15) is 8.42 Å². The number of carbonyl (C=O) groups excluding carboxylic acids is 1. The molecule has 3 aromatic rings. The minimum atomic E-state index is -3.95. The van der Waals surface area contributed by atoms with Gasteiger partial charge in [0.25, 0.3) is 14.4 Å². The molecule has 12 heteroatoms. The zero-order valence-electron chi connectivity index (χ0n) is 13.0. The molecule has 0 aliphatic rings. The van der Waals surface area contributed by atoms with Crippen LogP contribution in [-0.2, 0) is 14.8 Å². The molecule has 1 aromatic carbocycles. The van der Waals surface area contributed by atoms with E-state index in [4.69, 9.17) is 0 Å². The topological polar surface area (TPSA) is 127 Å². The molecule has 3 rings (SSSR count). The maximum Gasteiger partial charge on any atom is 0.293 e. The molecule has 0 aliphatic carbocycles. The van der Waals surface area contributed by atoms with Crippen LogP contribution in [0.4, 0.5) is 10.3 Å². The molecule has 0 radical (unpaired) electrons. The number of rotatable bonds is 5. The molecule has 2 heterocycles. The lowest BCUT2D eigenvalue weighted by Crippen LogP contribution is -2.12. The molecule has 2 N–H and O–H groups in total. The van der Waals surface area contributed by atoms with E-state index in [0.717, 1.165) is 33.8 Å². The van der Waals surface area contributed by atoms with Gasteiger partial charge in [-0.25, -0.2) is 0 Å². The third-order valence-corrected chi connectivity index (χ3v) is 6.43. The highest BCUT2D eigenvalue weighted by Gasteiger charge is 2.22. The summed E-state index contributed by atoms with van der Waals surface area (Å²) in [6.07, 6.45) is 0. The highest BCUT2D eigenvalue weighted by molar-refractivity contribution is 7.94. The maximum atomic E-state index is 12.3. The van der Waals surface area contributed by atoms with Gasteiger partial charge in [0.2, 0.25) is 16.2 Å². The van der Waals surface area contributed by atoms with E-state index in [-0.39, 0.29) is 20.5 Å². The second-order valence-corrected chi connectivity index (χ2v) is 8.75. The third kappa shape index (κ3) is 4.15. The predicted octanol–water partition coefficient (Wildman–Crippen LogP) is 2.12. The molecular weight excluding hydrogens is 384 g/mol. The lowest BCUT2D eigenvalue weighted by atomic mass is 10.2. The zero-order chi connectivity index (χ0) is 18.0. The van der Waals surface area contributed by atoms with Crippen molar-refractivity contribution < 1.29 is 13.2 Å². The predicted molar refractivity (Wildman–Crippen MR) is 95.1 cm³/mol. The fraction of sp³-hybridized carbons (Fsp3) is 0.154. The Kier molecular flexibility index (Phi) is 4.74. The molecule has 25 heavy (non-hydrogen) atoms. The second kappa shape index (κ2) is 6.82. The van der Waals surface area contributed by atoms with E-state index >= 15 is 0 Å². The average molecular weight is 396 g/mol. The van der Waals surface area contributed by atoms with Crippen LogP contribution in [0.15, 0.2) is 28.6 Å². The monoisotopic (exact) mass is 396 g/mol. The molecule has 0 bridgehead atoms. The number of benzene rings is 1. The van der Waals surface area contributed by atoms with E-state index in [1.165, 1.54) is 6.92 Å². The van der Waals surface area contributed by atoms with Gasteiger partial charge in [0.05, 0.1) is 0 Å². The lowest BCUT2D eigenvalue weighted by Gasteiger charge is -1.99. The van der Waals surface area contributed by atoms with Gasteiger partial charge in [0.1, 0.15) is 5.01 Å². The van der Waals surface area contributed by atoms with E-state index in [1.54, 1.807) is 0 Å². The van der Waals surface area contributed by atoms with Gasteiger partial charge in [-0.05, 0) is 6.92 Å². The standard InChI is InChI=1S/C13H12N6O3S3/c1-7-3-5-9(6-4-7)10-15-17-12(23-10)19-25(21,22)13-18-16-11(24-13)14-8(2)20/h3-6H,1-2H3,(H,17,19)(H,14,16,20). The summed E-state index contributed by atoms with van der Waals surface area (Å²) in [5.74, 6) is -0.361. The van der Waals surface area contributed by atoms with E-state index < -0.39 is 10.0 Å². The summed E-state index contributed by atoms with van der Waals surface area (Å²) in [6.45, 7) is 3.27. The van der Waals surface area contributed by atoms with Crippen LogP contribution in [0, 0.1) is 6.92 Å². The summed E-state index contributed by atoms with van der Waals surface area (Å²) in [5, 5.41) is 18.2. The highest BCUT2D eigenvalue weighted by atomic mass is 32.2. The van der Waals surface area contributed by atoms with Crippen molar-refractivity contribution in [1.29, 1.82) is 0 Å². The number of carbonyl (C=O) groups is 1. The van der Waals surface area contributed by atoms with Gasteiger partial charge in [0.15, 0.2) is 0 Å². The summed E-state index contributed by atoms with van der Waals surface area (Å²) < 4.78 is 26.7. The van der Waals surface area contributed by atoms with Crippen molar-refractivity contribution in [3.63, 3.8) is 0 Å². The van der Waals surface area contributed by atoms with Crippen molar-refractivity contribution in [2.45, 2.75) is 18.2 Å². The van der Waals surface area contributed by atoms with Crippen molar-refractivity contribution in [3.8, 4) is 10.6 Å². The lowest BCUT2D eigenvalue weighted by molar-refractivity contribution is -0.114. The van der Waals surface area contributed by atoms with E-state index in [1.807, 2.05) is 31.2 Å². The molecule has 0 aliphatic heterocycles. The van der Waals surface area contributed by atoms with Crippen LogP contribution in [0.25, 0.3) is 10.6 Å². The Balaban J connectivity index is 1.78. The fourth-order valence-electron chi connectivity index (χ4n) is 1.76. The molecule has 0 fully saturated rings. The molecule has 2 aromatic heterocycles. The quantitative estimate of drug-likeness (QED) is 0.632. The largest absolute Gasteiger partial charge is 0.301 e. The summed E-state index contributed by atoms with van der Waals surface area (Å²) in [5.41, 5.74) is 1.96. The van der Waals surface area contributed by atoms with Crippen LogP contribution in [-0.4, -0.2) is 34.7 Å². The normalized spacial score (nSPS) is 11.3. The third-order valence-electron chi connectivity index (χ3n) is 2.86. The van der Waals surface area contributed by atoms with Crippen LogP contribution >= 0.6 is 22.7 Å². The SMILES string of the molecule is CC(=O)Nc1nnc(S(=O)(=O)Nc2nnc(-c3ccc(C)cc3)s2)s1. The molecule has 0 spiro atoms. The van der Waals surface area contributed by atoms with Crippen LogP contribution in [0.1, 0.15) is 12.5 Å². The molecule has 0 atom stereocenters. The Hall–Kier alpha value is -2.44. The summed E-state index contributed by atoms with van der Waals surface area (Å²) in [4.78, 5) is 11.0. The number of anilines is 2. The van der Waals surface area contributed by atoms with Gasteiger partial charge < -0.3 is 5.32 Å². The van der Waals surface area contributed by atoms with Gasteiger partial charge in [-0.15, -0.1) is 20.4 Å². The van der Waals surface area contributed by atoms with Crippen molar-refractivity contribution in [2.24, 2.45) is 0 Å². The molecular formula is C13H12N6O3S3. The summed E-state index contributed by atoms with van der Waals surface area (Å²) in [7, 11) is -3.95. The Labute approximate surface area is 151 Å². The molecule has 9 nitrogen and oxygen atoms in total. The number of nitrogens with one attached hydrogen (secondary N) is 2. The number of amides is 1. The maximum absolute atomic E-state index is 12.3. The Morgan fingerprint density at radius 2 is 1.68 bits per heavy atom. The molecule has 130 valence electrons. The number of aromatic nitrogens is 4. The van der Waals surface area contributed by atoms with Gasteiger partial charge in [-0.3, -0.25) is 9.52 Å². The highest BCUT2D eigenvalue weighted by Crippen LogP contribution is 2.29. The number of aryl methyl sites for hydroxylation is 1. The Morgan fingerprint density at radius 1 is 1.00 bits per heavy atom. The molecule has 1 amide bonds. The number of hydrogen-bond acceptors (Lipinski definition) is 9. The first-order valence-electron chi connectivity index (χ1n) is 6.88. The van der Waals surface area contributed by atoms with Gasteiger partial charge in [0, 0.05) is 12.5 Å². The molecule has 0 saturated heterocycles. The first kappa shape index (κ1) is 17.4. The number of sulfonamides is 1. The van der Waals surface area contributed by atoms with Crippen molar-refractivity contribution in [2.75, 3.05) is 10.0 Å². The molecule has 0 saturated carbocycles. The summed E-state index contributed by atoms with van der Waals surface area (Å²) in [6, 6.07) is 7.65. The molecule has 0 unspecified atom stereocenters. The second-order valence-electron chi connectivity index (χ2n) is 4.94. The van der Waals surface area contributed by atoms with E-state index in [2.05, 4.69) is 30.4 Å². The summed E-state index contributed by atoms with van der Waals surface area (Å²) >= 11 is 1.85. The first-order chi connectivity index (χ1) is 11.8. The minimum Gasteiger partial charge on any atom is -0.301 e. The van der Waals surface area contributed by atoms with E-state index in [0.29, 0.717) is 5.01 Å². The van der Waals surface area contributed by atoms with Gasteiger partial charge in [-0.1, -0.05) is 52.5 Å². The minimum absolute atomic E-state index is 0.102. The first-order valence-corrected chi connectivity index (χ1v) is 9.99. The van der Waals surface area contributed by atoms with Gasteiger partial charge >= 0.3 is 0 Å². The van der Waals surface area contributed by atoms with Crippen LogP contribution in [0.5, 0.6) is 0 Å². The van der Waals surface area contributed by atoms with Crippen molar-refractivity contribution >= 4 is 48.9 Å². The van der Waals surface area contributed by atoms with Crippen molar-refractivity contribution in [1.82, 2.24) is 20.4 Å². The van der Waals surface area contributed by atoms with Crippen molar-refractivity contribution in [3.05, 3.63) is 29.8 Å². The average Bonchev–Trinajstić information content (AvgIpc) is 3.17. The smallest absolute Gasteiger partial charge is 0.293 e. The van der Waals surface area contributed by atoms with E-state index in [9.17, 15) is 13.2 Å². The van der Waals surface area contributed by atoms with Crippen LogP contribution < -0.4 is 10.0 Å². The Morgan fingerprint density at radius 3 is 2.36 bits per heavy atom. The zero-order valence-corrected chi connectivity index (χ0v) is 15.5. The van der Waals surface area contributed by atoms with Crippen LogP contribution in [0.2, 0.25) is 0 Å². The van der Waals surface area contributed by atoms with Crippen LogP contribution in [0.3, 0.4) is 0 Å². The number of nitrogens with zero attached hydrogens (tertiary/aromatic N) is 4.